The Bertz CT molecular complexity index is 484. The number of anilines is 1. The molecule has 2 fully saturated rings. The number of hydrogen-bond acceptors (Lipinski definition) is 2. The molecule has 1 aromatic carbocycles. The molecule has 1 aromatic rings. The highest BCUT2D eigenvalue weighted by Crippen LogP contribution is 2.38. The summed E-state index contributed by atoms with van der Waals surface area (Å²) in [4.78, 5) is 2.67. The number of piperidine rings is 1. The quantitative estimate of drug-likeness (QED) is 0.869. The smallest absolute Gasteiger partial charge is 0.0380 e. The zero-order valence-electron chi connectivity index (χ0n) is 13.0. The first kappa shape index (κ1) is 15.4. The topological polar surface area (TPSA) is 29.3 Å². The number of halogens is 1. The fraction of sp³-hybridized carbons (Fsp3) is 0.667. The van der Waals surface area contributed by atoms with E-state index in [9.17, 15) is 0 Å². The third-order valence-corrected chi connectivity index (χ3v) is 5.89. The number of nitrogens with zero attached hydrogens (tertiary/aromatic N) is 1. The molecule has 1 aliphatic carbocycles. The molecule has 1 saturated heterocycles. The van der Waals surface area contributed by atoms with Crippen LogP contribution in [0.5, 0.6) is 0 Å². The molecule has 2 nitrogen and oxygen atoms in total. The summed E-state index contributed by atoms with van der Waals surface area (Å²) in [6.45, 7) is 3.29. The van der Waals surface area contributed by atoms with Gasteiger partial charge in [0, 0.05) is 28.8 Å². The van der Waals surface area contributed by atoms with Gasteiger partial charge in [-0.15, -0.1) is 0 Å². The van der Waals surface area contributed by atoms with E-state index in [0.717, 1.165) is 18.4 Å². The van der Waals surface area contributed by atoms with Crippen LogP contribution in [0.25, 0.3) is 0 Å². The Morgan fingerprint density at radius 3 is 2.76 bits per heavy atom. The maximum Gasteiger partial charge on any atom is 0.0380 e. The molecule has 2 N–H and O–H groups in total. The van der Waals surface area contributed by atoms with Gasteiger partial charge in [-0.1, -0.05) is 34.8 Å². The molecule has 1 saturated carbocycles. The molecule has 116 valence electrons. The van der Waals surface area contributed by atoms with Gasteiger partial charge in [0.1, 0.15) is 0 Å². The molecule has 3 atom stereocenters. The van der Waals surface area contributed by atoms with E-state index in [1.165, 1.54) is 60.8 Å². The maximum absolute atomic E-state index is 5.93. The van der Waals surface area contributed by atoms with E-state index in [1.807, 2.05) is 0 Å². The molecule has 3 rings (SSSR count). The Kier molecular flexibility index (Phi) is 4.90. The Balaban J connectivity index is 1.80. The first-order chi connectivity index (χ1) is 10.1. The van der Waals surface area contributed by atoms with Crippen LogP contribution >= 0.6 is 15.9 Å². The van der Waals surface area contributed by atoms with Gasteiger partial charge in [0.2, 0.25) is 0 Å². The van der Waals surface area contributed by atoms with Gasteiger partial charge in [0.15, 0.2) is 0 Å². The molecule has 0 aromatic heterocycles. The zero-order chi connectivity index (χ0) is 14.8. The lowest BCUT2D eigenvalue weighted by Crippen LogP contribution is -2.46. The summed E-state index contributed by atoms with van der Waals surface area (Å²) in [5, 5.41) is 0. The van der Waals surface area contributed by atoms with Crippen molar-refractivity contribution < 1.29 is 0 Å². The van der Waals surface area contributed by atoms with Gasteiger partial charge < -0.3 is 10.6 Å². The minimum absolute atomic E-state index is 0.213. The van der Waals surface area contributed by atoms with E-state index in [-0.39, 0.29) is 6.04 Å². The van der Waals surface area contributed by atoms with Crippen LogP contribution in [0, 0.1) is 5.92 Å². The Hall–Kier alpha value is -0.540. The van der Waals surface area contributed by atoms with E-state index < -0.39 is 0 Å². The third kappa shape index (κ3) is 3.45. The van der Waals surface area contributed by atoms with Crippen LogP contribution in [0.15, 0.2) is 22.7 Å². The highest BCUT2D eigenvalue weighted by atomic mass is 79.9. The third-order valence-electron chi connectivity index (χ3n) is 5.15. The van der Waals surface area contributed by atoms with Gasteiger partial charge in [-0.2, -0.15) is 0 Å². The standard InChI is InChI=1S/C18H27BrN2/c1-13(20)11-15-8-9-16(12-17(15)19)21-10-4-6-14-5-2-3-7-18(14)21/h8-9,12-14,18H,2-7,10-11,20H2,1H3. The number of rotatable bonds is 3. The Labute approximate surface area is 137 Å². The predicted octanol–water partition coefficient (Wildman–Crippen LogP) is 4.50. The van der Waals surface area contributed by atoms with Crippen LogP contribution in [0.3, 0.4) is 0 Å². The van der Waals surface area contributed by atoms with Gasteiger partial charge in [0.25, 0.3) is 0 Å². The normalized spacial score (nSPS) is 27.3. The molecule has 0 spiro atoms. The molecule has 1 aliphatic heterocycles. The molecule has 2 aliphatic rings. The molecule has 3 unspecified atom stereocenters. The Morgan fingerprint density at radius 1 is 1.24 bits per heavy atom. The monoisotopic (exact) mass is 350 g/mol. The fourth-order valence-electron chi connectivity index (χ4n) is 4.17. The number of benzene rings is 1. The predicted molar refractivity (Wildman–Crippen MR) is 93.8 cm³/mol. The highest BCUT2D eigenvalue weighted by molar-refractivity contribution is 9.10. The van der Waals surface area contributed by atoms with Crippen LogP contribution in [-0.2, 0) is 6.42 Å². The average Bonchev–Trinajstić information content (AvgIpc) is 2.48. The first-order valence-electron chi connectivity index (χ1n) is 8.46. The van der Waals surface area contributed by atoms with E-state index >= 15 is 0 Å². The molecule has 0 amide bonds. The SMILES string of the molecule is CC(N)Cc1ccc(N2CCCC3CCCCC32)cc1Br. The van der Waals surface area contributed by atoms with Crippen molar-refractivity contribution in [2.24, 2.45) is 11.7 Å². The lowest BCUT2D eigenvalue weighted by molar-refractivity contribution is 0.244. The van der Waals surface area contributed by atoms with Gasteiger partial charge in [0.05, 0.1) is 0 Å². The number of hydrogen-bond donors (Lipinski definition) is 1. The van der Waals surface area contributed by atoms with Crippen LogP contribution in [-0.4, -0.2) is 18.6 Å². The van der Waals surface area contributed by atoms with Crippen LogP contribution < -0.4 is 10.6 Å². The van der Waals surface area contributed by atoms with Gasteiger partial charge in [-0.25, -0.2) is 0 Å². The maximum atomic E-state index is 5.93. The van der Waals surface area contributed by atoms with Crippen molar-refractivity contribution in [3.8, 4) is 0 Å². The summed E-state index contributed by atoms with van der Waals surface area (Å²) in [6.07, 6.45) is 9.38. The van der Waals surface area contributed by atoms with Crippen molar-refractivity contribution in [3.05, 3.63) is 28.2 Å². The van der Waals surface area contributed by atoms with Crippen LogP contribution in [0.2, 0.25) is 0 Å². The van der Waals surface area contributed by atoms with Crippen molar-refractivity contribution in [1.82, 2.24) is 0 Å². The van der Waals surface area contributed by atoms with Crippen molar-refractivity contribution >= 4 is 21.6 Å². The summed E-state index contributed by atoms with van der Waals surface area (Å²) < 4.78 is 1.22. The van der Waals surface area contributed by atoms with Crippen LogP contribution in [0.1, 0.15) is 51.0 Å². The number of nitrogens with two attached hydrogens (primary N) is 1. The van der Waals surface area contributed by atoms with E-state index in [1.54, 1.807) is 0 Å². The van der Waals surface area contributed by atoms with Gasteiger partial charge >= 0.3 is 0 Å². The molecule has 21 heavy (non-hydrogen) atoms. The van der Waals surface area contributed by atoms with Gasteiger partial charge in [-0.05, 0) is 62.6 Å². The summed E-state index contributed by atoms with van der Waals surface area (Å²) in [5.41, 5.74) is 8.65. The lowest BCUT2D eigenvalue weighted by atomic mass is 9.78. The molecular weight excluding hydrogens is 324 g/mol. The van der Waals surface area contributed by atoms with Crippen molar-refractivity contribution in [2.45, 2.75) is 64.0 Å². The Morgan fingerprint density at radius 2 is 2.00 bits per heavy atom. The molecule has 3 heteroatoms. The summed E-state index contributed by atoms with van der Waals surface area (Å²) in [7, 11) is 0. The van der Waals surface area contributed by atoms with E-state index in [0.29, 0.717) is 0 Å². The largest absolute Gasteiger partial charge is 0.368 e. The van der Waals surface area contributed by atoms with Crippen molar-refractivity contribution in [3.63, 3.8) is 0 Å². The molecule has 0 radical (unpaired) electrons. The average molecular weight is 351 g/mol. The second kappa shape index (κ2) is 6.70. The fourth-order valence-corrected chi connectivity index (χ4v) is 4.70. The van der Waals surface area contributed by atoms with E-state index in [4.69, 9.17) is 5.73 Å². The van der Waals surface area contributed by atoms with Crippen LogP contribution in [0.4, 0.5) is 5.69 Å². The van der Waals surface area contributed by atoms with E-state index in [2.05, 4.69) is 46.0 Å². The number of fused-ring (bicyclic) bond motifs is 1. The summed E-state index contributed by atoms with van der Waals surface area (Å²) in [6, 6.07) is 7.87. The van der Waals surface area contributed by atoms with Gasteiger partial charge in [-0.3, -0.25) is 0 Å². The zero-order valence-corrected chi connectivity index (χ0v) is 14.6. The second-order valence-electron chi connectivity index (χ2n) is 6.90. The highest BCUT2D eigenvalue weighted by Gasteiger charge is 2.33. The second-order valence-corrected chi connectivity index (χ2v) is 7.76. The minimum atomic E-state index is 0.213. The lowest BCUT2D eigenvalue weighted by Gasteiger charge is -2.45. The molecule has 0 bridgehead atoms. The van der Waals surface area contributed by atoms with Crippen molar-refractivity contribution in [2.75, 3.05) is 11.4 Å². The summed E-state index contributed by atoms with van der Waals surface area (Å²) >= 11 is 3.75. The molecule has 1 heterocycles. The molecular formula is C18H27BrN2. The van der Waals surface area contributed by atoms with Crippen molar-refractivity contribution in [1.29, 1.82) is 0 Å². The summed E-state index contributed by atoms with van der Waals surface area (Å²) in [5.74, 6) is 0.926. The minimum Gasteiger partial charge on any atom is -0.368 e. The first-order valence-corrected chi connectivity index (χ1v) is 9.25.